The molecule has 5 heteroatoms. The molecule has 2 rings (SSSR count). The van der Waals surface area contributed by atoms with Crippen molar-refractivity contribution in [3.8, 4) is 0 Å². The van der Waals surface area contributed by atoms with Gasteiger partial charge in [-0.15, -0.1) is 0 Å². The van der Waals surface area contributed by atoms with Gasteiger partial charge in [0, 0.05) is 12.6 Å². The van der Waals surface area contributed by atoms with E-state index in [2.05, 4.69) is 21.2 Å². The Hall–Kier alpha value is -0.940. The van der Waals surface area contributed by atoms with Crippen molar-refractivity contribution in [2.45, 2.75) is 32.7 Å². The first-order chi connectivity index (χ1) is 10.0. The Kier molecular flexibility index (Phi) is 5.76. The molecule has 1 amide bonds. The number of nitrogens with one attached hydrogen (secondary N) is 1. The molecule has 1 aliphatic heterocycles. The van der Waals surface area contributed by atoms with Crippen LogP contribution in [0.3, 0.4) is 0 Å². The Balaban J connectivity index is 2.17. The fourth-order valence-electron chi connectivity index (χ4n) is 2.71. The van der Waals surface area contributed by atoms with E-state index in [1.807, 2.05) is 18.7 Å². The van der Waals surface area contributed by atoms with Crippen molar-refractivity contribution in [2.75, 3.05) is 19.6 Å². The highest BCUT2D eigenvalue weighted by atomic mass is 79.9. The quantitative estimate of drug-likeness (QED) is 0.895. The molecule has 0 bridgehead atoms. The number of amides is 1. The third-order valence-electron chi connectivity index (χ3n) is 3.92. The van der Waals surface area contributed by atoms with Gasteiger partial charge < -0.3 is 10.2 Å². The summed E-state index contributed by atoms with van der Waals surface area (Å²) in [7, 11) is 0. The van der Waals surface area contributed by atoms with Crippen molar-refractivity contribution in [3.05, 3.63) is 34.1 Å². The summed E-state index contributed by atoms with van der Waals surface area (Å²) in [6.45, 7) is 6.72. The highest BCUT2D eigenvalue weighted by Crippen LogP contribution is 2.24. The van der Waals surface area contributed by atoms with Gasteiger partial charge in [-0.1, -0.05) is 6.07 Å². The maximum atomic E-state index is 13.6. The lowest BCUT2D eigenvalue weighted by Crippen LogP contribution is -2.44. The average Bonchev–Trinajstić information content (AvgIpc) is 2.48. The summed E-state index contributed by atoms with van der Waals surface area (Å²) in [6.07, 6.45) is 2.28. The molecule has 3 nitrogen and oxygen atoms in total. The SMILES string of the molecule is CC(C)N(CC1CCCNC1)C(=O)c1cccc(F)c1Br. The van der Waals surface area contributed by atoms with E-state index in [0.29, 0.717) is 18.0 Å². The highest BCUT2D eigenvalue weighted by molar-refractivity contribution is 9.10. The minimum absolute atomic E-state index is 0.0922. The van der Waals surface area contributed by atoms with Gasteiger partial charge in [-0.25, -0.2) is 4.39 Å². The van der Waals surface area contributed by atoms with Crippen molar-refractivity contribution < 1.29 is 9.18 Å². The van der Waals surface area contributed by atoms with Gasteiger partial charge in [-0.05, 0) is 73.8 Å². The van der Waals surface area contributed by atoms with Gasteiger partial charge in [0.2, 0.25) is 0 Å². The first-order valence-corrected chi connectivity index (χ1v) is 8.25. The fraction of sp³-hybridized carbons (Fsp3) is 0.562. The van der Waals surface area contributed by atoms with Crippen molar-refractivity contribution >= 4 is 21.8 Å². The zero-order valence-corrected chi connectivity index (χ0v) is 14.1. The summed E-state index contributed by atoms with van der Waals surface area (Å²) in [5.41, 5.74) is 0.396. The standard InChI is InChI=1S/C16H22BrFN2O/c1-11(2)20(10-12-5-4-8-19-9-12)16(21)13-6-3-7-14(18)15(13)17/h3,6-7,11-12,19H,4-5,8-10H2,1-2H3. The molecule has 1 aromatic rings. The predicted octanol–water partition coefficient (Wildman–Crippen LogP) is 3.44. The summed E-state index contributed by atoms with van der Waals surface area (Å²) < 4.78 is 13.9. The fourth-order valence-corrected chi connectivity index (χ4v) is 3.14. The van der Waals surface area contributed by atoms with Crippen LogP contribution >= 0.6 is 15.9 Å². The molecule has 0 saturated carbocycles. The van der Waals surface area contributed by atoms with Crippen molar-refractivity contribution in [2.24, 2.45) is 5.92 Å². The van der Waals surface area contributed by atoms with Gasteiger partial charge in [-0.3, -0.25) is 4.79 Å². The Bertz CT molecular complexity index is 501. The molecule has 0 radical (unpaired) electrons. The second kappa shape index (κ2) is 7.36. The summed E-state index contributed by atoms with van der Waals surface area (Å²) in [5, 5.41) is 3.37. The van der Waals surface area contributed by atoms with Crippen LogP contribution in [-0.2, 0) is 0 Å². The molecule has 0 aliphatic carbocycles. The molecule has 1 heterocycles. The second-order valence-electron chi connectivity index (χ2n) is 5.87. The number of carbonyl (C=O) groups is 1. The summed E-state index contributed by atoms with van der Waals surface area (Å²) in [5.74, 6) is -0.0386. The zero-order valence-electron chi connectivity index (χ0n) is 12.5. The Morgan fingerprint density at radius 3 is 2.90 bits per heavy atom. The predicted molar refractivity (Wildman–Crippen MR) is 85.9 cm³/mol. The highest BCUT2D eigenvalue weighted by Gasteiger charge is 2.25. The van der Waals surface area contributed by atoms with Crippen molar-refractivity contribution in [1.82, 2.24) is 10.2 Å². The van der Waals surface area contributed by atoms with Crippen LogP contribution in [-0.4, -0.2) is 36.5 Å². The maximum Gasteiger partial charge on any atom is 0.255 e. The van der Waals surface area contributed by atoms with Gasteiger partial charge in [0.05, 0.1) is 10.0 Å². The first kappa shape index (κ1) is 16.4. The number of hydrogen-bond acceptors (Lipinski definition) is 2. The lowest BCUT2D eigenvalue weighted by Gasteiger charge is -2.33. The number of rotatable bonds is 4. The minimum Gasteiger partial charge on any atom is -0.336 e. The molecule has 0 aromatic heterocycles. The molecular formula is C16H22BrFN2O. The Labute approximate surface area is 134 Å². The number of piperidine rings is 1. The molecule has 1 saturated heterocycles. The van der Waals surface area contributed by atoms with E-state index in [1.165, 1.54) is 6.07 Å². The van der Waals surface area contributed by atoms with E-state index in [4.69, 9.17) is 0 Å². The third kappa shape index (κ3) is 4.04. The molecule has 116 valence electrons. The van der Waals surface area contributed by atoms with Crippen LogP contribution in [0.25, 0.3) is 0 Å². The molecule has 21 heavy (non-hydrogen) atoms. The monoisotopic (exact) mass is 356 g/mol. The van der Waals surface area contributed by atoms with Gasteiger partial charge in [0.1, 0.15) is 5.82 Å². The summed E-state index contributed by atoms with van der Waals surface area (Å²) >= 11 is 3.19. The van der Waals surface area contributed by atoms with E-state index in [-0.39, 0.29) is 16.4 Å². The molecule has 0 spiro atoms. The minimum atomic E-state index is -0.399. The van der Waals surface area contributed by atoms with Crippen molar-refractivity contribution in [1.29, 1.82) is 0 Å². The summed E-state index contributed by atoms with van der Waals surface area (Å²) in [6, 6.07) is 4.69. The number of halogens is 2. The van der Waals surface area contributed by atoms with Gasteiger partial charge in [0.25, 0.3) is 5.91 Å². The smallest absolute Gasteiger partial charge is 0.255 e. The van der Waals surface area contributed by atoms with Gasteiger partial charge in [0.15, 0.2) is 0 Å². The average molecular weight is 357 g/mol. The van der Waals surface area contributed by atoms with Crippen molar-refractivity contribution in [3.63, 3.8) is 0 Å². The molecule has 1 aliphatic rings. The molecule has 1 aromatic carbocycles. The number of carbonyl (C=O) groups excluding carboxylic acids is 1. The largest absolute Gasteiger partial charge is 0.336 e. The number of benzene rings is 1. The topological polar surface area (TPSA) is 32.3 Å². The lowest BCUT2D eigenvalue weighted by atomic mass is 9.98. The van der Waals surface area contributed by atoms with E-state index in [9.17, 15) is 9.18 Å². The summed E-state index contributed by atoms with van der Waals surface area (Å²) in [4.78, 5) is 14.6. The Morgan fingerprint density at radius 1 is 1.52 bits per heavy atom. The van der Waals surface area contributed by atoms with Crippen LogP contribution in [0.5, 0.6) is 0 Å². The van der Waals surface area contributed by atoms with E-state index in [0.717, 1.165) is 25.9 Å². The van der Waals surface area contributed by atoms with Crippen LogP contribution in [0.1, 0.15) is 37.0 Å². The van der Waals surface area contributed by atoms with Gasteiger partial charge >= 0.3 is 0 Å². The number of hydrogen-bond donors (Lipinski definition) is 1. The molecule has 1 fully saturated rings. The third-order valence-corrected chi connectivity index (χ3v) is 4.73. The van der Waals surface area contributed by atoms with Gasteiger partial charge in [-0.2, -0.15) is 0 Å². The Morgan fingerprint density at radius 2 is 2.29 bits per heavy atom. The maximum absolute atomic E-state index is 13.6. The molecule has 1 N–H and O–H groups in total. The number of nitrogens with zero attached hydrogens (tertiary/aromatic N) is 1. The van der Waals surface area contributed by atoms with Crippen LogP contribution in [0.15, 0.2) is 22.7 Å². The van der Waals surface area contributed by atoms with E-state index < -0.39 is 5.82 Å². The van der Waals surface area contributed by atoms with Crippen LogP contribution < -0.4 is 5.32 Å². The van der Waals surface area contributed by atoms with E-state index >= 15 is 0 Å². The van der Waals surface area contributed by atoms with E-state index in [1.54, 1.807) is 12.1 Å². The zero-order chi connectivity index (χ0) is 15.4. The molecular weight excluding hydrogens is 335 g/mol. The van der Waals surface area contributed by atoms with Crippen LogP contribution in [0.4, 0.5) is 4.39 Å². The van der Waals surface area contributed by atoms with Crippen LogP contribution in [0.2, 0.25) is 0 Å². The lowest BCUT2D eigenvalue weighted by molar-refractivity contribution is 0.0659. The van der Waals surface area contributed by atoms with Crippen LogP contribution in [0, 0.1) is 11.7 Å². The normalized spacial score (nSPS) is 18.8. The second-order valence-corrected chi connectivity index (χ2v) is 6.66. The molecule has 1 unspecified atom stereocenters. The first-order valence-electron chi connectivity index (χ1n) is 7.46. The molecule has 1 atom stereocenters.